The van der Waals surface area contributed by atoms with Gasteiger partial charge in [-0.15, -0.1) is 0 Å². The highest BCUT2D eigenvalue weighted by atomic mass is 32.2. The number of aliphatic carboxylic acids is 1. The average molecular weight is 546 g/mol. The first kappa shape index (κ1) is 26.9. The lowest BCUT2D eigenvalue weighted by Gasteiger charge is -2.35. The van der Waals surface area contributed by atoms with Crippen LogP contribution >= 0.6 is 0 Å². The highest BCUT2D eigenvalue weighted by molar-refractivity contribution is 7.92. The summed E-state index contributed by atoms with van der Waals surface area (Å²) in [6.07, 6.45) is 2.74. The first-order valence-electron chi connectivity index (χ1n) is 11.6. The zero-order valence-electron chi connectivity index (χ0n) is 20.3. The second-order valence-corrected chi connectivity index (χ2v) is 10.2. The van der Waals surface area contributed by atoms with Gasteiger partial charge in [0, 0.05) is 18.1 Å². The first-order chi connectivity index (χ1) is 18.2. The Bertz CT molecular complexity index is 1440. The molecule has 11 heteroatoms. The number of alkyl halides is 2. The van der Waals surface area contributed by atoms with Gasteiger partial charge >= 0.3 is 12.6 Å². The van der Waals surface area contributed by atoms with Crippen LogP contribution in [0.25, 0.3) is 12.2 Å². The topological polar surface area (TPSA) is 102 Å². The number of carboxylic acids is 1. The SMILES string of the molecule is COc1ccccc1/C=C/c1ccc2c(c1)N(S(=O)(=O)c1cccc(OC(F)F)c1)C[C@H](CCC(=O)O)O2. The van der Waals surface area contributed by atoms with Gasteiger partial charge in [0.25, 0.3) is 10.0 Å². The number of halogens is 2. The molecular formula is C27H25F2NO7S. The van der Waals surface area contributed by atoms with Crippen LogP contribution in [0, 0.1) is 0 Å². The van der Waals surface area contributed by atoms with Crippen LogP contribution in [0.3, 0.4) is 0 Å². The van der Waals surface area contributed by atoms with Gasteiger partial charge in [0.15, 0.2) is 0 Å². The summed E-state index contributed by atoms with van der Waals surface area (Å²) < 4.78 is 69.7. The van der Waals surface area contributed by atoms with E-state index in [0.29, 0.717) is 11.3 Å². The quantitative estimate of drug-likeness (QED) is 0.346. The van der Waals surface area contributed by atoms with Crippen molar-refractivity contribution >= 4 is 33.8 Å². The second kappa shape index (κ2) is 11.5. The number of fused-ring (bicyclic) bond motifs is 1. The number of anilines is 1. The second-order valence-electron chi connectivity index (χ2n) is 8.36. The van der Waals surface area contributed by atoms with Crippen molar-refractivity contribution in [2.75, 3.05) is 18.0 Å². The lowest BCUT2D eigenvalue weighted by atomic mass is 10.1. The van der Waals surface area contributed by atoms with E-state index in [4.69, 9.17) is 14.6 Å². The van der Waals surface area contributed by atoms with E-state index in [9.17, 15) is 22.0 Å². The van der Waals surface area contributed by atoms with Gasteiger partial charge in [-0.1, -0.05) is 42.5 Å². The molecule has 0 spiro atoms. The van der Waals surface area contributed by atoms with E-state index in [1.54, 1.807) is 31.4 Å². The molecule has 0 amide bonds. The van der Waals surface area contributed by atoms with Crippen LogP contribution in [0.2, 0.25) is 0 Å². The summed E-state index contributed by atoms with van der Waals surface area (Å²) in [6, 6.07) is 17.2. The maximum Gasteiger partial charge on any atom is 0.387 e. The Labute approximate surface area is 218 Å². The molecule has 0 aliphatic carbocycles. The maximum absolute atomic E-state index is 13.7. The normalized spacial score (nSPS) is 15.3. The van der Waals surface area contributed by atoms with Crippen molar-refractivity contribution in [2.24, 2.45) is 0 Å². The predicted octanol–water partition coefficient (Wildman–Crippen LogP) is 5.29. The fraction of sp³-hybridized carbons (Fsp3) is 0.222. The van der Waals surface area contributed by atoms with Crippen LogP contribution in [-0.4, -0.2) is 45.9 Å². The Morgan fingerprint density at radius 1 is 1.13 bits per heavy atom. The van der Waals surface area contributed by atoms with Crippen molar-refractivity contribution in [1.82, 2.24) is 0 Å². The molecule has 3 aromatic rings. The highest BCUT2D eigenvalue weighted by Crippen LogP contribution is 2.39. The number of hydrogen-bond acceptors (Lipinski definition) is 6. The summed E-state index contributed by atoms with van der Waals surface area (Å²) in [6.45, 7) is -3.28. The van der Waals surface area contributed by atoms with Gasteiger partial charge in [-0.2, -0.15) is 8.78 Å². The molecule has 0 unspecified atom stereocenters. The third-order valence-corrected chi connectivity index (χ3v) is 7.58. The van der Waals surface area contributed by atoms with E-state index >= 15 is 0 Å². The monoisotopic (exact) mass is 545 g/mol. The zero-order valence-corrected chi connectivity index (χ0v) is 21.1. The number of benzene rings is 3. The largest absolute Gasteiger partial charge is 0.496 e. The fourth-order valence-electron chi connectivity index (χ4n) is 4.02. The predicted molar refractivity (Wildman–Crippen MR) is 137 cm³/mol. The molecule has 0 saturated carbocycles. The number of methoxy groups -OCH3 is 1. The van der Waals surface area contributed by atoms with E-state index in [1.165, 1.54) is 18.2 Å². The lowest BCUT2D eigenvalue weighted by molar-refractivity contribution is -0.137. The Hall–Kier alpha value is -4.12. The van der Waals surface area contributed by atoms with Crippen LogP contribution in [0.15, 0.2) is 71.6 Å². The number of rotatable bonds is 10. The maximum atomic E-state index is 13.7. The number of nitrogens with zero attached hydrogens (tertiary/aromatic N) is 1. The summed E-state index contributed by atoms with van der Waals surface area (Å²) in [7, 11) is -2.70. The van der Waals surface area contributed by atoms with Gasteiger partial charge < -0.3 is 19.3 Å². The van der Waals surface area contributed by atoms with Crippen molar-refractivity contribution in [2.45, 2.75) is 30.5 Å². The molecule has 1 heterocycles. The van der Waals surface area contributed by atoms with E-state index in [0.717, 1.165) is 15.9 Å². The smallest absolute Gasteiger partial charge is 0.387 e. The van der Waals surface area contributed by atoms with Crippen molar-refractivity contribution in [3.8, 4) is 17.2 Å². The van der Waals surface area contributed by atoms with Gasteiger partial charge in [0.2, 0.25) is 0 Å². The standard InChI is InChI=1S/C27H25F2NO7S/c1-35-24-8-3-2-5-19(24)11-9-18-10-13-25-23(15-18)30(17-21(36-25)12-14-26(31)32)38(33,34)22-7-4-6-20(16-22)37-27(28)29/h2-11,13,15-16,21,27H,12,14,17H2,1H3,(H,31,32)/b11-9+/t21-/m0/s1. The Balaban J connectivity index is 1.73. The molecule has 0 aromatic heterocycles. The zero-order chi connectivity index (χ0) is 27.3. The summed E-state index contributed by atoms with van der Waals surface area (Å²) in [5.74, 6) is -0.418. The molecule has 1 atom stereocenters. The molecule has 8 nitrogen and oxygen atoms in total. The number of hydrogen-bond donors (Lipinski definition) is 1. The molecule has 0 radical (unpaired) electrons. The number of sulfonamides is 1. The molecule has 1 aliphatic heterocycles. The van der Waals surface area contributed by atoms with Gasteiger partial charge in [-0.25, -0.2) is 8.42 Å². The van der Waals surface area contributed by atoms with Crippen LogP contribution in [0.4, 0.5) is 14.5 Å². The van der Waals surface area contributed by atoms with Gasteiger partial charge in [-0.05, 0) is 42.3 Å². The molecule has 3 aromatic carbocycles. The van der Waals surface area contributed by atoms with Crippen molar-refractivity contribution in [3.05, 3.63) is 77.9 Å². The summed E-state index contributed by atoms with van der Waals surface area (Å²) in [5.41, 5.74) is 1.72. The Kier molecular flexibility index (Phi) is 8.16. The Morgan fingerprint density at radius 2 is 1.92 bits per heavy atom. The molecular weight excluding hydrogens is 520 g/mol. The third-order valence-electron chi connectivity index (χ3n) is 5.81. The van der Waals surface area contributed by atoms with Gasteiger partial charge in [-0.3, -0.25) is 9.10 Å². The number of carboxylic acid groups (broad SMARTS) is 1. The van der Waals surface area contributed by atoms with Crippen molar-refractivity contribution < 1.29 is 41.3 Å². The molecule has 1 N–H and O–H groups in total. The molecule has 1 aliphatic rings. The van der Waals surface area contributed by atoms with E-state index in [1.807, 2.05) is 30.3 Å². The molecule has 0 bridgehead atoms. The number of carbonyl (C=O) groups is 1. The third kappa shape index (κ3) is 6.23. The fourth-order valence-corrected chi connectivity index (χ4v) is 5.56. The molecule has 4 rings (SSSR count). The van der Waals surface area contributed by atoms with E-state index < -0.39 is 28.7 Å². The first-order valence-corrected chi connectivity index (χ1v) is 13.0. The molecule has 200 valence electrons. The summed E-state index contributed by atoms with van der Waals surface area (Å²) in [5, 5.41) is 9.09. The van der Waals surface area contributed by atoms with E-state index in [2.05, 4.69) is 4.74 Å². The number of para-hydroxylation sites is 1. The van der Waals surface area contributed by atoms with Crippen LogP contribution in [0.5, 0.6) is 17.2 Å². The minimum Gasteiger partial charge on any atom is -0.496 e. The molecule has 0 fully saturated rings. The van der Waals surface area contributed by atoms with Crippen molar-refractivity contribution in [1.29, 1.82) is 0 Å². The van der Waals surface area contributed by atoms with Gasteiger partial charge in [0.1, 0.15) is 23.4 Å². The lowest BCUT2D eigenvalue weighted by Crippen LogP contribution is -2.43. The average Bonchev–Trinajstić information content (AvgIpc) is 2.90. The van der Waals surface area contributed by atoms with Crippen LogP contribution in [-0.2, 0) is 14.8 Å². The van der Waals surface area contributed by atoms with E-state index in [-0.39, 0.29) is 41.5 Å². The van der Waals surface area contributed by atoms with Crippen molar-refractivity contribution in [3.63, 3.8) is 0 Å². The summed E-state index contributed by atoms with van der Waals surface area (Å²) >= 11 is 0. The van der Waals surface area contributed by atoms with Crippen LogP contribution in [0.1, 0.15) is 24.0 Å². The molecule has 0 saturated heterocycles. The highest BCUT2D eigenvalue weighted by Gasteiger charge is 2.35. The number of ether oxygens (including phenoxy) is 3. The summed E-state index contributed by atoms with van der Waals surface area (Å²) in [4.78, 5) is 10.9. The van der Waals surface area contributed by atoms with Gasteiger partial charge in [0.05, 0.1) is 24.2 Å². The minimum absolute atomic E-state index is 0.0742. The van der Waals surface area contributed by atoms with Crippen LogP contribution < -0.4 is 18.5 Å². The molecule has 38 heavy (non-hydrogen) atoms. The minimum atomic E-state index is -4.26. The Morgan fingerprint density at radius 3 is 2.66 bits per heavy atom.